The van der Waals surface area contributed by atoms with Gasteiger partial charge in [0.15, 0.2) is 0 Å². The van der Waals surface area contributed by atoms with Gasteiger partial charge in [-0.2, -0.15) is 0 Å². The van der Waals surface area contributed by atoms with Gasteiger partial charge in [-0.3, -0.25) is 9.69 Å². The molecular weight excluding hydrogens is 322 g/mol. The molecule has 0 unspecified atom stereocenters. The number of hydrogen-bond donors (Lipinski definition) is 2. The first-order chi connectivity index (χ1) is 10.7. The Hall–Kier alpha value is -2.28. The Morgan fingerprint density at radius 3 is 2.57 bits per heavy atom. The quantitative estimate of drug-likeness (QED) is 0.875. The van der Waals surface area contributed by atoms with Crippen LogP contribution >= 0.6 is 11.6 Å². The van der Waals surface area contributed by atoms with E-state index in [1.807, 2.05) is 0 Å². The third kappa shape index (κ3) is 3.10. The summed E-state index contributed by atoms with van der Waals surface area (Å²) in [6, 6.07) is 4.26. The first kappa shape index (κ1) is 17.1. The van der Waals surface area contributed by atoms with Crippen LogP contribution in [0.4, 0.5) is 10.5 Å². The summed E-state index contributed by atoms with van der Waals surface area (Å²) in [7, 11) is 1.42. The molecule has 124 valence electrons. The zero-order chi connectivity index (χ0) is 17.4. The van der Waals surface area contributed by atoms with Crippen molar-refractivity contribution in [3.05, 3.63) is 28.8 Å². The average molecular weight is 340 g/mol. The van der Waals surface area contributed by atoms with E-state index in [4.69, 9.17) is 11.6 Å². The fourth-order valence-corrected chi connectivity index (χ4v) is 2.36. The number of halogens is 1. The molecule has 23 heavy (non-hydrogen) atoms. The van der Waals surface area contributed by atoms with Gasteiger partial charge in [0, 0.05) is 25.7 Å². The van der Waals surface area contributed by atoms with E-state index in [9.17, 15) is 19.5 Å². The molecule has 2 rings (SSSR count). The summed E-state index contributed by atoms with van der Waals surface area (Å²) < 4.78 is 0. The van der Waals surface area contributed by atoms with Crippen LogP contribution in [0.5, 0.6) is 0 Å². The maximum absolute atomic E-state index is 12.6. The second-order valence-corrected chi connectivity index (χ2v) is 6.19. The molecule has 8 heteroatoms. The Labute approximate surface area is 138 Å². The van der Waals surface area contributed by atoms with Gasteiger partial charge in [-0.15, -0.1) is 0 Å². The van der Waals surface area contributed by atoms with Crippen molar-refractivity contribution in [3.8, 4) is 0 Å². The summed E-state index contributed by atoms with van der Waals surface area (Å²) in [6.07, 6.45) is 0. The first-order valence-corrected chi connectivity index (χ1v) is 7.40. The Bertz CT molecular complexity index is 675. The van der Waals surface area contributed by atoms with Crippen molar-refractivity contribution in [2.45, 2.75) is 19.4 Å². The third-order valence-corrected chi connectivity index (χ3v) is 4.33. The number of nitrogens with one attached hydrogen (secondary N) is 1. The van der Waals surface area contributed by atoms with Crippen LogP contribution in [-0.4, -0.2) is 53.6 Å². The molecule has 2 N–H and O–H groups in total. The van der Waals surface area contributed by atoms with Crippen molar-refractivity contribution >= 4 is 35.2 Å². The molecule has 0 aromatic heterocycles. The Morgan fingerprint density at radius 2 is 2.04 bits per heavy atom. The number of carbonyl (C=O) groups is 3. The number of carboxylic acid groups (broad SMARTS) is 1. The number of carbonyl (C=O) groups excluding carboxylic acids is 2. The van der Waals surface area contributed by atoms with E-state index in [0.717, 1.165) is 4.90 Å². The van der Waals surface area contributed by atoms with Crippen molar-refractivity contribution in [2.75, 3.05) is 25.0 Å². The first-order valence-electron chi connectivity index (χ1n) is 7.02. The highest BCUT2D eigenvalue weighted by molar-refractivity contribution is 6.34. The van der Waals surface area contributed by atoms with Gasteiger partial charge in [0.2, 0.25) is 0 Å². The zero-order valence-corrected chi connectivity index (χ0v) is 13.8. The van der Waals surface area contributed by atoms with Gasteiger partial charge in [0.1, 0.15) is 5.54 Å². The standard InChI is InChI=1S/C15H18ClN3O4/c1-15(2,13(21)22)18(3)12(20)9-4-5-10(16)11(8-9)19-7-6-17-14(19)23/h4-5,8H,6-7H2,1-3H3,(H,17,23)(H,21,22). The topological polar surface area (TPSA) is 90.0 Å². The van der Waals surface area contributed by atoms with E-state index < -0.39 is 17.4 Å². The molecule has 0 saturated carbocycles. The summed E-state index contributed by atoms with van der Waals surface area (Å²) >= 11 is 6.13. The highest BCUT2D eigenvalue weighted by Crippen LogP contribution is 2.29. The second kappa shape index (κ2) is 6.08. The van der Waals surface area contributed by atoms with E-state index in [-0.39, 0.29) is 11.6 Å². The number of urea groups is 1. The zero-order valence-electron chi connectivity index (χ0n) is 13.1. The predicted molar refractivity (Wildman–Crippen MR) is 86.0 cm³/mol. The predicted octanol–water partition coefficient (Wildman–Crippen LogP) is 1.80. The van der Waals surface area contributed by atoms with Crippen LogP contribution < -0.4 is 10.2 Å². The van der Waals surface area contributed by atoms with E-state index in [2.05, 4.69) is 5.32 Å². The molecule has 0 spiro atoms. The minimum atomic E-state index is -1.36. The molecule has 0 aliphatic carbocycles. The van der Waals surface area contributed by atoms with Gasteiger partial charge in [0.05, 0.1) is 10.7 Å². The van der Waals surface area contributed by atoms with Crippen LogP contribution in [0.25, 0.3) is 0 Å². The highest BCUT2D eigenvalue weighted by atomic mass is 35.5. The lowest BCUT2D eigenvalue weighted by Gasteiger charge is -2.31. The molecule has 1 fully saturated rings. The number of rotatable bonds is 4. The van der Waals surface area contributed by atoms with Crippen molar-refractivity contribution in [1.29, 1.82) is 0 Å². The monoisotopic (exact) mass is 339 g/mol. The van der Waals surface area contributed by atoms with E-state index in [1.165, 1.54) is 44.0 Å². The molecule has 1 heterocycles. The van der Waals surface area contributed by atoms with Crippen molar-refractivity contribution < 1.29 is 19.5 Å². The normalized spacial score (nSPS) is 14.6. The van der Waals surface area contributed by atoms with Gasteiger partial charge in [-0.1, -0.05) is 11.6 Å². The van der Waals surface area contributed by atoms with E-state index >= 15 is 0 Å². The van der Waals surface area contributed by atoms with Crippen molar-refractivity contribution in [3.63, 3.8) is 0 Å². The number of nitrogens with zero attached hydrogens (tertiary/aromatic N) is 2. The largest absolute Gasteiger partial charge is 0.480 e. The number of hydrogen-bond acceptors (Lipinski definition) is 3. The minimum absolute atomic E-state index is 0.265. The van der Waals surface area contributed by atoms with Crippen molar-refractivity contribution in [1.82, 2.24) is 10.2 Å². The highest BCUT2D eigenvalue weighted by Gasteiger charge is 2.36. The van der Waals surface area contributed by atoms with E-state index in [0.29, 0.717) is 23.8 Å². The van der Waals surface area contributed by atoms with Gasteiger partial charge < -0.3 is 15.3 Å². The number of likely N-dealkylation sites (N-methyl/N-ethyl adjacent to an activating group) is 1. The fraction of sp³-hybridized carbons (Fsp3) is 0.400. The van der Waals surface area contributed by atoms with Crippen LogP contribution in [0, 0.1) is 0 Å². The number of amides is 3. The summed E-state index contributed by atoms with van der Waals surface area (Å²) in [5, 5.41) is 12.2. The molecule has 1 aromatic carbocycles. The maximum Gasteiger partial charge on any atom is 0.329 e. The van der Waals surface area contributed by atoms with Gasteiger partial charge in [-0.25, -0.2) is 9.59 Å². The van der Waals surface area contributed by atoms with Crippen LogP contribution in [0.15, 0.2) is 18.2 Å². The molecule has 1 aliphatic rings. The summed E-state index contributed by atoms with van der Waals surface area (Å²) in [6.45, 7) is 3.84. The van der Waals surface area contributed by atoms with Crippen molar-refractivity contribution in [2.24, 2.45) is 0 Å². The average Bonchev–Trinajstić information content (AvgIpc) is 2.92. The SMILES string of the molecule is CN(C(=O)c1ccc(Cl)c(N2CCNC2=O)c1)C(C)(C)C(=O)O. The lowest BCUT2D eigenvalue weighted by Crippen LogP contribution is -2.50. The summed E-state index contributed by atoms with van der Waals surface area (Å²) in [5.41, 5.74) is -0.669. The summed E-state index contributed by atoms with van der Waals surface area (Å²) in [4.78, 5) is 38.2. The molecular formula is C15H18ClN3O4. The number of carboxylic acids is 1. The summed E-state index contributed by atoms with van der Waals surface area (Å²) in [5.74, 6) is -1.57. The fourth-order valence-electron chi connectivity index (χ4n) is 2.14. The lowest BCUT2D eigenvalue weighted by atomic mass is 10.0. The third-order valence-electron chi connectivity index (χ3n) is 4.01. The van der Waals surface area contributed by atoms with Gasteiger partial charge >= 0.3 is 12.0 Å². The molecule has 1 aliphatic heterocycles. The molecule has 7 nitrogen and oxygen atoms in total. The Morgan fingerprint density at radius 1 is 1.39 bits per heavy atom. The molecule has 1 saturated heterocycles. The van der Waals surface area contributed by atoms with Gasteiger partial charge in [0.25, 0.3) is 5.91 Å². The molecule has 0 atom stereocenters. The molecule has 1 aromatic rings. The molecule has 0 bridgehead atoms. The van der Waals surface area contributed by atoms with Gasteiger partial charge in [-0.05, 0) is 32.0 Å². The number of anilines is 1. The number of aliphatic carboxylic acids is 1. The molecule has 0 radical (unpaired) electrons. The van der Waals surface area contributed by atoms with E-state index in [1.54, 1.807) is 0 Å². The number of benzene rings is 1. The maximum atomic E-state index is 12.6. The smallest absolute Gasteiger partial charge is 0.329 e. The van der Waals surface area contributed by atoms with Crippen LogP contribution in [-0.2, 0) is 4.79 Å². The van der Waals surface area contributed by atoms with Crippen LogP contribution in [0.3, 0.4) is 0 Å². The van der Waals surface area contributed by atoms with Crippen LogP contribution in [0.2, 0.25) is 5.02 Å². The minimum Gasteiger partial charge on any atom is -0.480 e. The second-order valence-electron chi connectivity index (χ2n) is 5.78. The lowest BCUT2D eigenvalue weighted by molar-refractivity contribution is -0.147. The Kier molecular flexibility index (Phi) is 4.51. The molecule has 3 amide bonds. The Balaban J connectivity index is 2.35. The van der Waals surface area contributed by atoms with Crippen LogP contribution in [0.1, 0.15) is 24.2 Å².